The Morgan fingerprint density at radius 2 is 1.47 bits per heavy atom. The first-order valence-corrected chi connectivity index (χ1v) is 17.1. The van der Waals surface area contributed by atoms with E-state index in [9.17, 15) is 34.2 Å². The normalized spacial score (nSPS) is 24.1. The molecule has 8 N–H and O–H groups in total. The number of carbonyl (C=O) groups excluding carboxylic acids is 5. The van der Waals surface area contributed by atoms with Crippen LogP contribution < -0.4 is 27.0 Å². The highest BCUT2D eigenvalue weighted by molar-refractivity contribution is 5.94. The Bertz CT molecular complexity index is 1080. The minimum atomic E-state index is -1.26. The molecule has 2 fully saturated rings. The van der Waals surface area contributed by atoms with Gasteiger partial charge in [-0.25, -0.2) is 0 Å². The monoisotopic (exact) mass is 702 g/mol. The highest BCUT2D eigenvalue weighted by Crippen LogP contribution is 2.32. The fourth-order valence-electron chi connectivity index (χ4n) is 5.60. The summed E-state index contributed by atoms with van der Waals surface area (Å²) < 4.78 is 21.6. The number of ether oxygens (including phenoxy) is 4. The van der Waals surface area contributed by atoms with Crippen LogP contribution in [0, 0.1) is 17.8 Å². The molecular weight excluding hydrogens is 644 g/mol. The zero-order valence-electron chi connectivity index (χ0n) is 29.6. The number of hydrogen-bond acceptors (Lipinski definition) is 12. The Kier molecular flexibility index (Phi) is 18.4. The van der Waals surface area contributed by atoms with Crippen molar-refractivity contribution in [1.82, 2.24) is 26.2 Å². The zero-order chi connectivity index (χ0) is 36.7. The van der Waals surface area contributed by atoms with Gasteiger partial charge in [0, 0.05) is 25.6 Å². The third-order valence-electron chi connectivity index (χ3n) is 8.55. The van der Waals surface area contributed by atoms with Crippen LogP contribution in [0.4, 0.5) is 0 Å². The van der Waals surface area contributed by atoms with E-state index in [1.54, 1.807) is 0 Å². The van der Waals surface area contributed by atoms with Crippen LogP contribution in [0.1, 0.15) is 54.4 Å². The molecule has 8 atom stereocenters. The van der Waals surface area contributed by atoms with Crippen molar-refractivity contribution in [2.45, 2.75) is 97.0 Å². The van der Waals surface area contributed by atoms with Gasteiger partial charge in [0.25, 0.3) is 0 Å². The first kappa shape index (κ1) is 42.2. The first-order valence-electron chi connectivity index (χ1n) is 17.1. The van der Waals surface area contributed by atoms with E-state index in [-0.39, 0.29) is 82.3 Å². The van der Waals surface area contributed by atoms with E-state index in [0.29, 0.717) is 19.4 Å². The van der Waals surface area contributed by atoms with Crippen molar-refractivity contribution in [3.05, 3.63) is 0 Å². The van der Waals surface area contributed by atoms with E-state index >= 15 is 0 Å². The van der Waals surface area contributed by atoms with E-state index in [2.05, 4.69) is 21.3 Å². The van der Waals surface area contributed by atoms with Gasteiger partial charge in [0.05, 0.1) is 45.2 Å². The second-order valence-electron chi connectivity index (χ2n) is 13.2. The fraction of sp³-hybridized carbons (Fsp3) is 0.844. The second-order valence-corrected chi connectivity index (χ2v) is 13.2. The van der Waals surface area contributed by atoms with Gasteiger partial charge in [-0.1, -0.05) is 27.7 Å². The summed E-state index contributed by atoms with van der Waals surface area (Å²) >= 11 is 0. The number of nitrogens with zero attached hydrogens (tertiary/aromatic N) is 1. The molecular formula is C32H58N6O11. The van der Waals surface area contributed by atoms with E-state index in [1.807, 2.05) is 27.7 Å². The number of nitrogens with two attached hydrogens (primary N) is 1. The molecule has 49 heavy (non-hydrogen) atoms. The summed E-state index contributed by atoms with van der Waals surface area (Å²) in [5.74, 6) is -2.31. The molecule has 2 rings (SSSR count). The Balaban J connectivity index is 1.50. The average Bonchev–Trinajstić information content (AvgIpc) is 3.65. The van der Waals surface area contributed by atoms with Gasteiger partial charge in [0.1, 0.15) is 30.8 Å². The maximum Gasteiger partial charge on any atom is 0.246 e. The summed E-state index contributed by atoms with van der Waals surface area (Å²) in [5.41, 5.74) is 6.00. The SMILES string of the molecule is CC(NC(=O)C(C)NC(=O)C1CCCN1C(=O)C(N)C(C)C)C(=O)NCCOCCOCCNC(=O)COCC1OC(O)C(O)C1C(C)C. The lowest BCUT2D eigenvalue weighted by Gasteiger charge is -2.29. The minimum absolute atomic E-state index is 0.0698. The van der Waals surface area contributed by atoms with Gasteiger partial charge in [-0.15, -0.1) is 0 Å². The quantitative estimate of drug-likeness (QED) is 0.0620. The van der Waals surface area contributed by atoms with Gasteiger partial charge in [-0.3, -0.25) is 24.0 Å². The summed E-state index contributed by atoms with van der Waals surface area (Å²) in [6, 6.07) is -3.19. The molecule has 0 aliphatic carbocycles. The van der Waals surface area contributed by atoms with Crippen LogP contribution in [0.2, 0.25) is 0 Å². The second kappa shape index (κ2) is 21.3. The summed E-state index contributed by atoms with van der Waals surface area (Å²) in [6.07, 6.45) is -1.61. The highest BCUT2D eigenvalue weighted by atomic mass is 16.6. The molecule has 2 saturated heterocycles. The summed E-state index contributed by atoms with van der Waals surface area (Å²) in [5, 5.41) is 30.3. The van der Waals surface area contributed by atoms with Crippen LogP contribution in [-0.2, 0) is 42.9 Å². The van der Waals surface area contributed by atoms with Crippen LogP contribution in [0.25, 0.3) is 0 Å². The lowest BCUT2D eigenvalue weighted by Crippen LogP contribution is -2.56. The van der Waals surface area contributed by atoms with Crippen LogP contribution >= 0.6 is 0 Å². The van der Waals surface area contributed by atoms with Gasteiger partial charge in [0.15, 0.2) is 6.29 Å². The third-order valence-corrected chi connectivity index (χ3v) is 8.55. The molecule has 2 aliphatic rings. The molecule has 5 amide bonds. The highest BCUT2D eigenvalue weighted by Gasteiger charge is 2.44. The standard InChI is InChI=1S/C32H58N6O11/c1-18(2)25-23(49-32(45)27(25)40)16-48-17-24(39)34-9-12-46-14-15-47-13-10-35-28(41)20(5)36-29(42)21(6)37-30(43)22-8-7-11-38(22)31(44)26(33)19(3)4/h18-23,25-27,32,40,45H,7-17,33H2,1-6H3,(H,34,39)(H,35,41)(H,36,42)(H,37,43). The number of amides is 5. The molecule has 0 saturated carbocycles. The maximum atomic E-state index is 12.9. The maximum absolute atomic E-state index is 12.9. The van der Waals surface area contributed by atoms with Gasteiger partial charge in [0.2, 0.25) is 29.5 Å². The number of rotatable bonds is 21. The molecule has 8 unspecified atom stereocenters. The number of hydrogen-bond donors (Lipinski definition) is 7. The Hall–Kier alpha value is -2.93. The first-order chi connectivity index (χ1) is 23.1. The number of nitrogens with one attached hydrogen (secondary N) is 4. The predicted molar refractivity (Wildman–Crippen MR) is 176 cm³/mol. The van der Waals surface area contributed by atoms with Crippen molar-refractivity contribution in [3.8, 4) is 0 Å². The molecule has 0 aromatic carbocycles. The van der Waals surface area contributed by atoms with Crippen LogP contribution in [0.3, 0.4) is 0 Å². The van der Waals surface area contributed by atoms with Gasteiger partial charge >= 0.3 is 0 Å². The number of aliphatic hydroxyl groups is 2. The smallest absolute Gasteiger partial charge is 0.246 e. The third kappa shape index (κ3) is 13.7. The van der Waals surface area contributed by atoms with E-state index in [4.69, 9.17) is 24.7 Å². The minimum Gasteiger partial charge on any atom is -0.387 e. The Morgan fingerprint density at radius 1 is 0.857 bits per heavy atom. The van der Waals surface area contributed by atoms with Crippen molar-refractivity contribution in [1.29, 1.82) is 0 Å². The van der Waals surface area contributed by atoms with Crippen LogP contribution in [0.15, 0.2) is 0 Å². The van der Waals surface area contributed by atoms with Crippen LogP contribution in [0.5, 0.6) is 0 Å². The molecule has 0 aromatic heterocycles. The van der Waals surface area contributed by atoms with Crippen molar-refractivity contribution < 1.29 is 53.1 Å². The molecule has 0 radical (unpaired) electrons. The van der Waals surface area contributed by atoms with Crippen molar-refractivity contribution in [3.63, 3.8) is 0 Å². The average molecular weight is 703 g/mol. The van der Waals surface area contributed by atoms with E-state index in [0.717, 1.165) is 0 Å². The van der Waals surface area contributed by atoms with Crippen LogP contribution in [-0.4, -0.2) is 147 Å². The number of aliphatic hydroxyl groups excluding tert-OH is 2. The molecule has 0 bridgehead atoms. The van der Waals surface area contributed by atoms with Crippen molar-refractivity contribution in [2.24, 2.45) is 23.5 Å². The molecule has 2 aliphatic heterocycles. The summed E-state index contributed by atoms with van der Waals surface area (Å²) in [7, 11) is 0. The molecule has 0 aromatic rings. The summed E-state index contributed by atoms with van der Waals surface area (Å²) in [4.78, 5) is 64.1. The number of carbonyl (C=O) groups is 5. The number of likely N-dealkylation sites (tertiary alicyclic amines) is 1. The topological polar surface area (TPSA) is 240 Å². The molecule has 282 valence electrons. The molecule has 17 heteroatoms. The predicted octanol–water partition coefficient (Wildman–Crippen LogP) is -2.40. The van der Waals surface area contributed by atoms with Crippen molar-refractivity contribution >= 4 is 29.5 Å². The van der Waals surface area contributed by atoms with Gasteiger partial charge in [-0.2, -0.15) is 0 Å². The summed E-state index contributed by atoms with van der Waals surface area (Å²) in [6.45, 7) is 12.3. The van der Waals surface area contributed by atoms with E-state index < -0.39 is 60.4 Å². The lowest BCUT2D eigenvalue weighted by atomic mass is 9.87. The molecule has 2 heterocycles. The molecule has 17 nitrogen and oxygen atoms in total. The van der Waals surface area contributed by atoms with Crippen molar-refractivity contribution in [2.75, 3.05) is 59.3 Å². The largest absolute Gasteiger partial charge is 0.387 e. The van der Waals surface area contributed by atoms with Gasteiger partial charge in [-0.05, 0) is 38.5 Å². The van der Waals surface area contributed by atoms with E-state index in [1.165, 1.54) is 18.7 Å². The Morgan fingerprint density at radius 3 is 2.08 bits per heavy atom. The lowest BCUT2D eigenvalue weighted by molar-refractivity contribution is -0.141. The fourth-order valence-corrected chi connectivity index (χ4v) is 5.60. The molecule has 0 spiro atoms. The zero-order valence-corrected chi connectivity index (χ0v) is 29.6. The van der Waals surface area contributed by atoms with Gasteiger partial charge < -0.3 is 61.1 Å². The Labute approximate surface area is 288 Å².